The highest BCUT2D eigenvalue weighted by atomic mass is 16.5. The molecule has 0 saturated carbocycles. The van der Waals surface area contributed by atoms with E-state index >= 15 is 0 Å². The zero-order valence-corrected chi connectivity index (χ0v) is 20.0. The minimum absolute atomic E-state index is 0.0942. The van der Waals surface area contributed by atoms with Gasteiger partial charge in [0.1, 0.15) is 11.5 Å². The van der Waals surface area contributed by atoms with Gasteiger partial charge in [-0.1, -0.05) is 25.1 Å². The lowest BCUT2D eigenvalue weighted by atomic mass is 9.73. The van der Waals surface area contributed by atoms with E-state index in [4.69, 9.17) is 4.74 Å². The van der Waals surface area contributed by atoms with E-state index in [9.17, 15) is 9.90 Å². The van der Waals surface area contributed by atoms with Crippen molar-refractivity contribution in [2.45, 2.75) is 47.0 Å². The van der Waals surface area contributed by atoms with Crippen LogP contribution < -0.4 is 10.1 Å². The second kappa shape index (κ2) is 9.26. The molecule has 2 unspecified atom stereocenters. The molecule has 172 valence electrons. The minimum atomic E-state index is -0.899. The predicted molar refractivity (Wildman–Crippen MR) is 134 cm³/mol. The molecule has 0 aromatic heterocycles. The quantitative estimate of drug-likeness (QED) is 0.562. The van der Waals surface area contributed by atoms with Gasteiger partial charge in [-0.15, -0.1) is 0 Å². The third-order valence-electron chi connectivity index (χ3n) is 6.51. The van der Waals surface area contributed by atoms with Gasteiger partial charge in [0.25, 0.3) is 0 Å². The van der Waals surface area contributed by atoms with E-state index in [-0.39, 0.29) is 11.8 Å². The molecular weight excluding hydrogens is 412 g/mol. The number of carboxylic acids is 1. The fraction of sp³-hybridized carbons (Fsp3) is 0.357. The van der Waals surface area contributed by atoms with E-state index in [0.717, 1.165) is 63.7 Å². The lowest BCUT2D eigenvalue weighted by Crippen LogP contribution is -2.29. The Kier molecular flexibility index (Phi) is 6.41. The average molecular weight is 445 g/mol. The zero-order chi connectivity index (χ0) is 23.7. The summed E-state index contributed by atoms with van der Waals surface area (Å²) in [5, 5.41) is 13.5. The summed E-state index contributed by atoms with van der Waals surface area (Å²) < 4.78 is 6.45. The molecule has 2 N–H and O–H groups in total. The molecule has 0 spiro atoms. The summed E-state index contributed by atoms with van der Waals surface area (Å²) in [6.45, 7) is 11.8. The van der Waals surface area contributed by atoms with Gasteiger partial charge in [-0.2, -0.15) is 0 Å². The van der Waals surface area contributed by atoms with Crippen LogP contribution in [-0.4, -0.2) is 29.9 Å². The van der Waals surface area contributed by atoms with E-state index in [1.807, 2.05) is 44.2 Å². The van der Waals surface area contributed by atoms with Gasteiger partial charge in [0.05, 0.1) is 11.3 Å². The summed E-state index contributed by atoms with van der Waals surface area (Å²) in [6.07, 6.45) is 5.00. The number of carboxylic acid groups (broad SMARTS) is 1. The highest BCUT2D eigenvalue weighted by Crippen LogP contribution is 2.50. The highest BCUT2D eigenvalue weighted by molar-refractivity contribution is 6.09. The molecule has 1 aliphatic carbocycles. The minimum Gasteiger partial charge on any atom is -0.478 e. The molecule has 2 aromatic rings. The van der Waals surface area contributed by atoms with Crippen molar-refractivity contribution in [1.29, 1.82) is 0 Å². The van der Waals surface area contributed by atoms with Gasteiger partial charge in [0.15, 0.2) is 0 Å². The topological polar surface area (TPSA) is 70.9 Å². The summed E-state index contributed by atoms with van der Waals surface area (Å²) in [7, 11) is 0. The molecule has 0 amide bonds. The Balaban J connectivity index is 1.97. The number of hydrogen-bond donors (Lipinski definition) is 2. The molecule has 33 heavy (non-hydrogen) atoms. The SMILES string of the molecule is CCN=C1C=C2Oc3cc(NCC)c(C)cc3C(c3ccc(CC)cc3C(=O)O)C2C=C1C. The second-order valence-electron chi connectivity index (χ2n) is 8.68. The summed E-state index contributed by atoms with van der Waals surface area (Å²) in [4.78, 5) is 16.9. The first-order valence-corrected chi connectivity index (χ1v) is 11.7. The molecule has 0 saturated heterocycles. The Morgan fingerprint density at radius 2 is 1.91 bits per heavy atom. The van der Waals surface area contributed by atoms with Gasteiger partial charge in [0.2, 0.25) is 0 Å². The summed E-state index contributed by atoms with van der Waals surface area (Å²) in [6, 6.07) is 10.0. The number of rotatable bonds is 6. The molecule has 0 bridgehead atoms. The van der Waals surface area contributed by atoms with Crippen LogP contribution in [0, 0.1) is 12.8 Å². The Hall–Kier alpha value is -3.34. The van der Waals surface area contributed by atoms with E-state index in [1.54, 1.807) is 0 Å². The number of hydrogen-bond acceptors (Lipinski definition) is 4. The number of allylic oxidation sites excluding steroid dienone is 3. The molecule has 0 fully saturated rings. The van der Waals surface area contributed by atoms with Gasteiger partial charge < -0.3 is 15.2 Å². The molecule has 5 nitrogen and oxygen atoms in total. The summed E-state index contributed by atoms with van der Waals surface area (Å²) in [5.41, 5.74) is 7.36. The van der Waals surface area contributed by atoms with Gasteiger partial charge in [-0.25, -0.2) is 4.79 Å². The van der Waals surface area contributed by atoms with Crippen LogP contribution in [0.5, 0.6) is 5.75 Å². The van der Waals surface area contributed by atoms with Crippen molar-refractivity contribution in [1.82, 2.24) is 0 Å². The Morgan fingerprint density at radius 1 is 1.12 bits per heavy atom. The van der Waals surface area contributed by atoms with Crippen molar-refractivity contribution < 1.29 is 14.6 Å². The van der Waals surface area contributed by atoms with E-state index in [1.165, 1.54) is 0 Å². The fourth-order valence-corrected chi connectivity index (χ4v) is 4.86. The standard InChI is InChI=1S/C28H32N2O3/c1-6-18-9-10-19(20(13-18)28(31)32)27-21-11-16(4)23(29-7-2)14-25(21)33-26-15-24(30-8-3)17(5)12-22(26)27/h9-15,21,27,30H,6-8H2,1-5H3,(H,31,32). The molecule has 4 rings (SSSR count). The molecule has 1 heterocycles. The van der Waals surface area contributed by atoms with E-state index in [0.29, 0.717) is 12.1 Å². The van der Waals surface area contributed by atoms with Gasteiger partial charge >= 0.3 is 5.97 Å². The first-order valence-electron chi connectivity index (χ1n) is 11.7. The fourth-order valence-electron chi connectivity index (χ4n) is 4.86. The number of ether oxygens (including phenoxy) is 1. The number of fused-ring (bicyclic) bond motifs is 2. The maximum absolute atomic E-state index is 12.3. The predicted octanol–water partition coefficient (Wildman–Crippen LogP) is 6.13. The first kappa shape index (κ1) is 22.8. The number of nitrogens with zero attached hydrogens (tertiary/aromatic N) is 1. The molecule has 1 aliphatic heterocycles. The number of carbonyl (C=O) groups is 1. The van der Waals surface area contributed by atoms with Crippen LogP contribution in [0.15, 0.2) is 58.8 Å². The van der Waals surface area contributed by atoms with Crippen LogP contribution in [0.25, 0.3) is 0 Å². The monoisotopic (exact) mass is 444 g/mol. The Labute approximate surface area is 195 Å². The maximum Gasteiger partial charge on any atom is 0.335 e. The highest BCUT2D eigenvalue weighted by Gasteiger charge is 2.39. The van der Waals surface area contributed by atoms with Crippen molar-refractivity contribution in [3.8, 4) is 5.75 Å². The average Bonchev–Trinajstić information content (AvgIpc) is 2.79. The Bertz CT molecular complexity index is 1190. The summed E-state index contributed by atoms with van der Waals surface area (Å²) >= 11 is 0. The van der Waals surface area contributed by atoms with Gasteiger partial charge in [-0.05, 0) is 68.5 Å². The maximum atomic E-state index is 12.3. The molecule has 2 atom stereocenters. The van der Waals surface area contributed by atoms with Crippen molar-refractivity contribution in [2.24, 2.45) is 10.9 Å². The lowest BCUT2D eigenvalue weighted by Gasteiger charge is -2.37. The largest absolute Gasteiger partial charge is 0.478 e. The van der Waals surface area contributed by atoms with Gasteiger partial charge in [0, 0.05) is 48.3 Å². The van der Waals surface area contributed by atoms with E-state index in [2.05, 4.69) is 43.2 Å². The smallest absolute Gasteiger partial charge is 0.335 e. The number of aliphatic imine (C=N–C) groups is 1. The third kappa shape index (κ3) is 4.20. The van der Waals surface area contributed by atoms with Crippen LogP contribution in [0.3, 0.4) is 0 Å². The number of anilines is 1. The molecule has 0 radical (unpaired) electrons. The van der Waals surface area contributed by atoms with Crippen molar-refractivity contribution >= 4 is 17.4 Å². The molecular formula is C28H32N2O3. The van der Waals surface area contributed by atoms with Crippen molar-refractivity contribution in [3.63, 3.8) is 0 Å². The normalized spacial score (nSPS) is 20.3. The second-order valence-corrected chi connectivity index (χ2v) is 8.68. The summed E-state index contributed by atoms with van der Waals surface area (Å²) in [5.74, 6) is 0.425. The van der Waals surface area contributed by atoms with E-state index < -0.39 is 5.97 Å². The van der Waals surface area contributed by atoms with Crippen molar-refractivity contribution in [3.05, 3.63) is 81.6 Å². The first-order chi connectivity index (χ1) is 15.9. The zero-order valence-electron chi connectivity index (χ0n) is 20.0. The van der Waals surface area contributed by atoms with Crippen LogP contribution >= 0.6 is 0 Å². The Morgan fingerprint density at radius 3 is 2.58 bits per heavy atom. The number of aryl methyl sites for hydroxylation is 2. The number of nitrogens with one attached hydrogen (secondary N) is 1. The molecule has 2 aromatic carbocycles. The third-order valence-corrected chi connectivity index (χ3v) is 6.51. The van der Waals surface area contributed by atoms with Crippen LogP contribution in [0.1, 0.15) is 66.2 Å². The molecule has 5 heteroatoms. The lowest BCUT2D eigenvalue weighted by molar-refractivity contribution is 0.0694. The van der Waals surface area contributed by atoms with Crippen molar-refractivity contribution in [2.75, 3.05) is 18.4 Å². The number of benzene rings is 2. The molecule has 2 aliphatic rings. The van der Waals surface area contributed by atoms with Crippen LogP contribution in [0.4, 0.5) is 5.69 Å². The van der Waals surface area contributed by atoms with Crippen LogP contribution in [-0.2, 0) is 6.42 Å². The van der Waals surface area contributed by atoms with Gasteiger partial charge in [-0.3, -0.25) is 4.99 Å². The number of aromatic carboxylic acids is 1. The van der Waals surface area contributed by atoms with Crippen LogP contribution in [0.2, 0.25) is 0 Å².